The fourth-order valence-electron chi connectivity index (χ4n) is 5.92. The molecule has 2 aliphatic heterocycles. The third kappa shape index (κ3) is 3.78. The smallest absolute Gasteiger partial charge is 0.222 e. The van der Waals surface area contributed by atoms with Crippen molar-refractivity contribution in [2.24, 2.45) is 10.7 Å². The van der Waals surface area contributed by atoms with E-state index in [0.29, 0.717) is 18.3 Å². The molecule has 1 aliphatic carbocycles. The minimum absolute atomic E-state index is 0.338. The fourth-order valence-corrected chi connectivity index (χ4v) is 5.92. The molecular weight excluding hydrogens is 436 g/mol. The van der Waals surface area contributed by atoms with E-state index in [1.807, 2.05) is 24.3 Å². The summed E-state index contributed by atoms with van der Waals surface area (Å²) in [5.74, 6) is 1.74. The van der Waals surface area contributed by atoms with Crippen molar-refractivity contribution >= 4 is 12.2 Å². The van der Waals surface area contributed by atoms with Crippen LogP contribution in [0.25, 0.3) is 11.1 Å². The summed E-state index contributed by atoms with van der Waals surface area (Å²) in [5, 5.41) is 9.18. The number of benzene rings is 3. The van der Waals surface area contributed by atoms with Gasteiger partial charge in [0.05, 0.1) is 5.56 Å². The largest absolute Gasteiger partial charge is 0.487 e. The standard InChI is InChI=1S/C29H30N4O2/c1-33-27(31)32-29(35-33)19-28(14-12-22(13-15-28)21-7-3-2-4-8-21)34-26-11-10-24(17-25(26)29)23-9-5-6-20(16-23)18-30/h2-11,16-18,22,30H,12-15,19H2,1H3,(H2,31,32). The van der Waals surface area contributed by atoms with E-state index in [4.69, 9.17) is 25.7 Å². The van der Waals surface area contributed by atoms with E-state index in [1.54, 1.807) is 12.1 Å². The molecule has 0 bridgehead atoms. The van der Waals surface area contributed by atoms with E-state index in [1.165, 1.54) is 11.8 Å². The van der Waals surface area contributed by atoms with Gasteiger partial charge in [-0.15, -0.1) is 0 Å². The average molecular weight is 467 g/mol. The van der Waals surface area contributed by atoms with Gasteiger partial charge in [0.2, 0.25) is 11.7 Å². The first kappa shape index (κ1) is 21.9. The number of hydroxylamine groups is 2. The number of rotatable bonds is 3. The number of nitrogens with two attached hydrogens (primary N) is 1. The Kier molecular flexibility index (Phi) is 5.15. The number of nitrogens with zero attached hydrogens (tertiary/aromatic N) is 2. The van der Waals surface area contributed by atoms with Crippen LogP contribution in [0.15, 0.2) is 77.8 Å². The van der Waals surface area contributed by atoms with Gasteiger partial charge in [-0.2, -0.15) is 0 Å². The minimum atomic E-state index is -0.902. The first-order chi connectivity index (χ1) is 17.0. The number of nitrogens with one attached hydrogen (secondary N) is 1. The van der Waals surface area contributed by atoms with E-state index in [0.717, 1.165) is 53.7 Å². The van der Waals surface area contributed by atoms with Crippen LogP contribution in [0.4, 0.5) is 0 Å². The van der Waals surface area contributed by atoms with Crippen LogP contribution < -0.4 is 10.5 Å². The number of fused-ring (bicyclic) bond motifs is 2. The summed E-state index contributed by atoms with van der Waals surface area (Å²) in [4.78, 5) is 11.3. The molecule has 3 aromatic rings. The van der Waals surface area contributed by atoms with Gasteiger partial charge in [0.25, 0.3) is 0 Å². The molecule has 2 spiro atoms. The van der Waals surface area contributed by atoms with Gasteiger partial charge < -0.3 is 15.9 Å². The van der Waals surface area contributed by atoms with Gasteiger partial charge in [0.1, 0.15) is 11.4 Å². The second-order valence-corrected chi connectivity index (χ2v) is 9.97. The number of ether oxygens (including phenoxy) is 1. The third-order valence-corrected chi connectivity index (χ3v) is 7.75. The predicted octanol–water partition coefficient (Wildman–Crippen LogP) is 5.57. The van der Waals surface area contributed by atoms with Crippen molar-refractivity contribution in [2.45, 2.75) is 49.3 Å². The lowest BCUT2D eigenvalue weighted by atomic mass is 9.71. The molecule has 6 rings (SSSR count). The molecule has 1 atom stereocenters. The van der Waals surface area contributed by atoms with Crippen LogP contribution in [-0.4, -0.2) is 29.9 Å². The maximum absolute atomic E-state index is 7.61. The van der Waals surface area contributed by atoms with Crippen LogP contribution in [0.1, 0.15) is 54.7 Å². The molecular formula is C29H30N4O2. The van der Waals surface area contributed by atoms with Gasteiger partial charge in [-0.3, -0.25) is 0 Å². The summed E-state index contributed by atoms with van der Waals surface area (Å²) in [6.45, 7) is 0. The Bertz CT molecular complexity index is 1300. The Morgan fingerprint density at radius 1 is 1.00 bits per heavy atom. The van der Waals surface area contributed by atoms with Crippen LogP contribution in [0.3, 0.4) is 0 Å². The van der Waals surface area contributed by atoms with Gasteiger partial charge in [-0.05, 0) is 72.1 Å². The molecule has 1 fully saturated rings. The van der Waals surface area contributed by atoms with Crippen LogP contribution in [0, 0.1) is 5.41 Å². The maximum Gasteiger partial charge on any atom is 0.222 e. The van der Waals surface area contributed by atoms with Crippen molar-refractivity contribution in [2.75, 3.05) is 7.05 Å². The first-order valence-electron chi connectivity index (χ1n) is 12.3. The molecule has 1 unspecified atom stereocenters. The van der Waals surface area contributed by atoms with Gasteiger partial charge in [0.15, 0.2) is 0 Å². The molecule has 2 heterocycles. The van der Waals surface area contributed by atoms with Gasteiger partial charge in [-0.25, -0.2) is 14.9 Å². The molecule has 3 aliphatic rings. The lowest BCUT2D eigenvalue weighted by Crippen LogP contribution is -2.50. The average Bonchev–Trinajstić information content (AvgIpc) is 3.17. The molecule has 35 heavy (non-hydrogen) atoms. The zero-order valence-electron chi connectivity index (χ0n) is 19.9. The lowest BCUT2D eigenvalue weighted by Gasteiger charge is -2.48. The van der Waals surface area contributed by atoms with E-state index in [9.17, 15) is 0 Å². The number of aliphatic imine (C=N–C) groups is 1. The molecule has 1 saturated carbocycles. The lowest BCUT2D eigenvalue weighted by molar-refractivity contribution is -0.208. The van der Waals surface area contributed by atoms with E-state index >= 15 is 0 Å². The van der Waals surface area contributed by atoms with E-state index in [-0.39, 0.29) is 5.60 Å². The molecule has 3 N–H and O–H groups in total. The van der Waals surface area contributed by atoms with Gasteiger partial charge >= 0.3 is 0 Å². The van der Waals surface area contributed by atoms with Crippen molar-refractivity contribution < 1.29 is 9.57 Å². The molecule has 6 nitrogen and oxygen atoms in total. The van der Waals surface area contributed by atoms with Crippen LogP contribution in [0.2, 0.25) is 0 Å². The molecule has 3 aromatic carbocycles. The Balaban J connectivity index is 1.37. The second-order valence-electron chi connectivity index (χ2n) is 9.97. The fraction of sp³-hybridized carbons (Fsp3) is 0.310. The van der Waals surface area contributed by atoms with Crippen molar-refractivity contribution in [3.63, 3.8) is 0 Å². The van der Waals surface area contributed by atoms with Gasteiger partial charge in [0, 0.05) is 19.7 Å². The molecule has 0 aromatic heterocycles. The first-order valence-corrected chi connectivity index (χ1v) is 12.3. The summed E-state index contributed by atoms with van der Waals surface area (Å²) in [6, 6.07) is 25.0. The highest BCUT2D eigenvalue weighted by Gasteiger charge is 2.55. The normalized spacial score (nSPS) is 27.4. The molecule has 178 valence electrons. The Labute approximate surface area is 205 Å². The quantitative estimate of drug-likeness (QED) is 0.494. The monoisotopic (exact) mass is 466 g/mol. The zero-order valence-corrected chi connectivity index (χ0v) is 19.9. The maximum atomic E-state index is 7.61. The number of guanidine groups is 1. The summed E-state index contributed by atoms with van der Waals surface area (Å²) < 4.78 is 6.79. The van der Waals surface area contributed by atoms with Crippen molar-refractivity contribution in [1.82, 2.24) is 5.06 Å². The van der Waals surface area contributed by atoms with Gasteiger partial charge in [-0.1, -0.05) is 54.6 Å². The highest BCUT2D eigenvalue weighted by Crippen LogP contribution is 2.55. The SMILES string of the molecule is CN1OC2(CC3(CCC(c4ccccc4)CC3)Oc3ccc(-c4cccc(C=N)c4)cc32)N=C1N. The Hall–Kier alpha value is -3.64. The third-order valence-electron chi connectivity index (χ3n) is 7.75. The second kappa shape index (κ2) is 8.24. The summed E-state index contributed by atoms with van der Waals surface area (Å²) >= 11 is 0. The minimum Gasteiger partial charge on any atom is -0.487 e. The summed E-state index contributed by atoms with van der Waals surface area (Å²) in [6.07, 6.45) is 6.02. The van der Waals surface area contributed by atoms with Crippen molar-refractivity contribution in [3.8, 4) is 16.9 Å². The Morgan fingerprint density at radius 2 is 1.77 bits per heavy atom. The number of hydrogen-bond acceptors (Lipinski definition) is 6. The van der Waals surface area contributed by atoms with Crippen LogP contribution in [0.5, 0.6) is 5.75 Å². The van der Waals surface area contributed by atoms with Crippen molar-refractivity contribution in [1.29, 1.82) is 5.41 Å². The molecule has 0 saturated heterocycles. The van der Waals surface area contributed by atoms with Crippen molar-refractivity contribution in [3.05, 3.63) is 89.5 Å². The number of hydrogen-bond donors (Lipinski definition) is 2. The predicted molar refractivity (Wildman–Crippen MR) is 138 cm³/mol. The van der Waals surface area contributed by atoms with Crippen LogP contribution >= 0.6 is 0 Å². The summed E-state index contributed by atoms with van der Waals surface area (Å²) in [7, 11) is 1.80. The molecule has 6 heteroatoms. The highest BCUT2D eigenvalue weighted by molar-refractivity contribution is 5.81. The van der Waals surface area contributed by atoms with E-state index < -0.39 is 5.72 Å². The molecule has 0 radical (unpaired) electrons. The topological polar surface area (TPSA) is 83.9 Å². The van der Waals surface area contributed by atoms with Crippen LogP contribution in [-0.2, 0) is 10.6 Å². The Morgan fingerprint density at radius 3 is 2.49 bits per heavy atom. The zero-order chi connectivity index (χ0) is 24.0. The van der Waals surface area contributed by atoms with E-state index in [2.05, 4.69) is 48.5 Å². The highest BCUT2D eigenvalue weighted by atomic mass is 16.7. The molecule has 0 amide bonds. The summed E-state index contributed by atoms with van der Waals surface area (Å²) in [5.41, 5.74) is 10.2.